The Bertz CT molecular complexity index is 107. The molecule has 0 aliphatic rings. The van der Waals surface area contributed by atoms with Crippen LogP contribution in [0.1, 0.15) is 27.2 Å². The van der Waals surface area contributed by atoms with Crippen LogP contribution in [0, 0.1) is 0 Å². The predicted octanol–water partition coefficient (Wildman–Crippen LogP) is 1.33. The van der Waals surface area contributed by atoms with Gasteiger partial charge in [-0.15, -0.1) is 0 Å². The molecule has 76 valence electrons. The van der Waals surface area contributed by atoms with Crippen LogP contribution in [0.4, 0.5) is 0 Å². The molecule has 0 radical (unpaired) electrons. The zero-order chi connectivity index (χ0) is 10.6. The Balaban J connectivity index is -0.0000000581. The van der Waals surface area contributed by atoms with E-state index in [1.54, 1.807) is 0 Å². The van der Waals surface area contributed by atoms with Crippen molar-refractivity contribution in [2.75, 3.05) is 0 Å². The van der Waals surface area contributed by atoms with Gasteiger partial charge in [-0.05, 0) is 0 Å². The van der Waals surface area contributed by atoms with E-state index in [0.717, 1.165) is 0 Å². The number of carbonyl (C=O) groups is 2. The van der Waals surface area contributed by atoms with Gasteiger partial charge in [0.1, 0.15) is 6.42 Å². The molecule has 0 fully saturated rings. The SMILES string of the molecule is CC.C[CH2][Na].N.O=C(O)CC(=O)O. The van der Waals surface area contributed by atoms with E-state index in [0.29, 0.717) is 0 Å². The Labute approximate surface area is 96.5 Å². The van der Waals surface area contributed by atoms with Gasteiger partial charge in [-0.25, -0.2) is 0 Å². The normalized spacial score (nSPS) is 6.23. The molecular weight excluding hydrogens is 185 g/mol. The topological polar surface area (TPSA) is 110 Å². The Kier molecular flexibility index (Phi) is 40.2. The molecule has 0 aromatic rings. The number of carboxylic acid groups (broad SMARTS) is 2. The van der Waals surface area contributed by atoms with Crippen LogP contribution in [0.3, 0.4) is 0 Å². The van der Waals surface area contributed by atoms with Crippen LogP contribution in [0.2, 0.25) is 3.67 Å². The molecule has 5 nitrogen and oxygen atoms in total. The van der Waals surface area contributed by atoms with Gasteiger partial charge >= 0.3 is 50.5 Å². The first-order valence-corrected chi connectivity index (χ1v) is 5.39. The van der Waals surface area contributed by atoms with E-state index in [9.17, 15) is 9.59 Å². The molecule has 0 aliphatic carbocycles. The van der Waals surface area contributed by atoms with E-state index in [1.165, 1.54) is 31.6 Å². The van der Waals surface area contributed by atoms with Gasteiger partial charge in [0.25, 0.3) is 0 Å². The van der Waals surface area contributed by atoms with Gasteiger partial charge < -0.3 is 16.4 Å². The standard InChI is InChI=1S/C3H4O4.C2H6.C2H5.H3N.Na/c4-2(5)1-3(6)7;2*1-2;;/h1H2,(H,4,5)(H,6,7);1-2H3;1H2,2H3;1H3;. The Morgan fingerprint density at radius 2 is 1.31 bits per heavy atom. The van der Waals surface area contributed by atoms with Crippen molar-refractivity contribution >= 4 is 39.9 Å². The predicted molar refractivity (Wildman–Crippen MR) is 52.5 cm³/mol. The molecule has 0 amide bonds. The van der Waals surface area contributed by atoms with Crippen LogP contribution in [0.15, 0.2) is 0 Å². The van der Waals surface area contributed by atoms with E-state index < -0.39 is 18.4 Å². The fourth-order valence-corrected chi connectivity index (χ4v) is 0.129. The van der Waals surface area contributed by atoms with Crippen LogP contribution in [0.25, 0.3) is 0 Å². The molecule has 0 unspecified atom stereocenters. The van der Waals surface area contributed by atoms with Crippen molar-refractivity contribution in [1.82, 2.24) is 6.15 Å². The van der Waals surface area contributed by atoms with Crippen molar-refractivity contribution in [3.05, 3.63) is 0 Å². The van der Waals surface area contributed by atoms with Crippen molar-refractivity contribution < 1.29 is 19.8 Å². The quantitative estimate of drug-likeness (QED) is 0.463. The summed E-state index contributed by atoms with van der Waals surface area (Å²) in [7, 11) is 0. The van der Waals surface area contributed by atoms with Gasteiger partial charge in [0, 0.05) is 0 Å². The van der Waals surface area contributed by atoms with Crippen molar-refractivity contribution in [2.24, 2.45) is 0 Å². The molecule has 5 N–H and O–H groups in total. The van der Waals surface area contributed by atoms with Crippen LogP contribution >= 0.6 is 0 Å². The van der Waals surface area contributed by atoms with Gasteiger partial charge in [0.05, 0.1) is 0 Å². The summed E-state index contributed by atoms with van der Waals surface area (Å²) in [6.07, 6.45) is -0.806. The van der Waals surface area contributed by atoms with E-state index in [1.807, 2.05) is 13.8 Å². The summed E-state index contributed by atoms with van der Waals surface area (Å²) in [5.74, 6) is -2.62. The first kappa shape index (κ1) is 23.1. The second-order valence-corrected chi connectivity index (χ2v) is 3.09. The Morgan fingerprint density at radius 1 is 1.15 bits per heavy atom. The summed E-state index contributed by atoms with van der Waals surface area (Å²) in [5.41, 5.74) is 0. The molecule has 0 atom stereocenters. The molecule has 0 aromatic heterocycles. The van der Waals surface area contributed by atoms with Crippen LogP contribution in [-0.4, -0.2) is 50.1 Å². The minimum absolute atomic E-state index is 0. The molecule has 13 heavy (non-hydrogen) atoms. The minimum Gasteiger partial charge on any atom is -0.481 e. The van der Waals surface area contributed by atoms with Crippen molar-refractivity contribution in [1.29, 1.82) is 0 Å². The third-order valence-electron chi connectivity index (χ3n) is 0.302. The maximum atomic E-state index is 9.43. The molecule has 6 heteroatoms. The zero-order valence-electron chi connectivity index (χ0n) is 8.83. The second-order valence-electron chi connectivity index (χ2n) is 1.67. The molecule has 0 saturated carbocycles. The minimum atomic E-state index is -1.31. The van der Waals surface area contributed by atoms with E-state index in [-0.39, 0.29) is 6.15 Å². The van der Waals surface area contributed by atoms with Crippen LogP contribution in [0.5, 0.6) is 0 Å². The fourth-order valence-electron chi connectivity index (χ4n) is 0.129. The summed E-state index contributed by atoms with van der Waals surface area (Å²) >= 11 is 1.37. The largest absolute Gasteiger partial charge is 0.481 e. The summed E-state index contributed by atoms with van der Waals surface area (Å²) < 4.78 is 1.39. The van der Waals surface area contributed by atoms with Gasteiger partial charge in [-0.2, -0.15) is 0 Å². The van der Waals surface area contributed by atoms with Crippen LogP contribution < -0.4 is 6.15 Å². The maximum absolute atomic E-state index is 9.43. The molecule has 0 heterocycles. The van der Waals surface area contributed by atoms with Gasteiger partial charge in [0.15, 0.2) is 0 Å². The van der Waals surface area contributed by atoms with Gasteiger partial charge in [-0.3, -0.25) is 9.59 Å². The number of aliphatic carboxylic acids is 2. The first-order valence-electron chi connectivity index (χ1n) is 3.98. The fraction of sp³-hybridized carbons (Fsp3) is 0.714. The number of hydrogen-bond acceptors (Lipinski definition) is 3. The van der Waals surface area contributed by atoms with E-state index in [2.05, 4.69) is 6.92 Å². The monoisotopic (exact) mass is 203 g/mol. The van der Waals surface area contributed by atoms with Crippen molar-refractivity contribution in [2.45, 2.75) is 30.9 Å². The summed E-state index contributed by atoms with van der Waals surface area (Å²) in [6, 6.07) is 0. The van der Waals surface area contributed by atoms with Gasteiger partial charge in [0.2, 0.25) is 0 Å². The second kappa shape index (κ2) is 22.7. The molecule has 0 spiro atoms. The third kappa shape index (κ3) is 76.7. The first-order chi connectivity index (χ1) is 5.54. The average molecular weight is 203 g/mol. The summed E-state index contributed by atoms with van der Waals surface area (Å²) in [5, 5.41) is 15.4. The molecule has 0 saturated heterocycles. The van der Waals surface area contributed by atoms with Crippen LogP contribution in [-0.2, 0) is 9.59 Å². The summed E-state index contributed by atoms with van der Waals surface area (Å²) in [6.45, 7) is 6.19. The summed E-state index contributed by atoms with van der Waals surface area (Å²) in [4.78, 5) is 18.9. The molecule has 0 bridgehead atoms. The Morgan fingerprint density at radius 3 is 1.31 bits per heavy atom. The van der Waals surface area contributed by atoms with Crippen molar-refractivity contribution in [3.8, 4) is 0 Å². The average Bonchev–Trinajstić information content (AvgIpc) is 1.90. The molecule has 0 aromatic carbocycles. The van der Waals surface area contributed by atoms with E-state index in [4.69, 9.17) is 10.2 Å². The molecule has 0 rings (SSSR count). The Hall–Kier alpha value is -0.100. The number of rotatable bonds is 2. The number of hydrogen-bond donors (Lipinski definition) is 3. The maximum Gasteiger partial charge on any atom is 0.314 e. The van der Waals surface area contributed by atoms with E-state index >= 15 is 0 Å². The molecular formula is C7H18NNaO4. The zero-order valence-corrected chi connectivity index (χ0v) is 10.8. The smallest absolute Gasteiger partial charge is 0.314 e. The molecule has 0 aliphatic heterocycles. The number of carboxylic acids is 2. The van der Waals surface area contributed by atoms with Crippen molar-refractivity contribution in [3.63, 3.8) is 0 Å². The third-order valence-corrected chi connectivity index (χ3v) is 0.302. The van der Waals surface area contributed by atoms with Gasteiger partial charge in [-0.1, -0.05) is 13.8 Å².